The highest BCUT2D eigenvalue weighted by atomic mass is 32.2. The van der Waals surface area contributed by atoms with Crippen LogP contribution in [0.25, 0.3) is 0 Å². The Balaban J connectivity index is 3.08. The summed E-state index contributed by atoms with van der Waals surface area (Å²) in [6, 6.07) is 4.75. The number of carbonyl (C=O) groups is 1. The third-order valence-corrected chi connectivity index (χ3v) is 2.32. The third-order valence-electron chi connectivity index (χ3n) is 1.93. The quantitative estimate of drug-likeness (QED) is 0.527. The van der Waals surface area contributed by atoms with Gasteiger partial charge in [-0.25, -0.2) is 4.21 Å². The summed E-state index contributed by atoms with van der Waals surface area (Å²) < 4.78 is 21.5. The van der Waals surface area contributed by atoms with E-state index in [1.165, 1.54) is 6.92 Å². The minimum atomic E-state index is -2.14. The minimum absolute atomic E-state index is 0.0682. The molecule has 5 nitrogen and oxygen atoms in total. The molecule has 0 aromatic heterocycles. The van der Waals surface area contributed by atoms with Crippen molar-refractivity contribution in [1.82, 2.24) is 0 Å². The molecule has 0 amide bonds. The Hall–Kier alpha value is -1.24. The second kappa shape index (κ2) is 5.01. The molecular formula is C9H12N2O3S. The van der Waals surface area contributed by atoms with Gasteiger partial charge in [0.05, 0.1) is 5.69 Å². The minimum Gasteiger partial charge on any atom is -0.326 e. The molecular weight excluding hydrogens is 216 g/mol. The molecule has 1 aromatic carbocycles. The number of nitrogens with one attached hydrogen (secondary N) is 1. The topological polar surface area (TPSA) is 92.4 Å². The van der Waals surface area contributed by atoms with Crippen molar-refractivity contribution in [1.29, 1.82) is 0 Å². The lowest BCUT2D eigenvalue weighted by Gasteiger charge is -2.08. The molecule has 0 saturated heterocycles. The van der Waals surface area contributed by atoms with Crippen molar-refractivity contribution >= 4 is 22.7 Å². The Morgan fingerprint density at radius 3 is 2.73 bits per heavy atom. The van der Waals surface area contributed by atoms with E-state index < -0.39 is 11.3 Å². The number of ketones is 1. The number of carbonyl (C=O) groups excluding carboxylic acids is 1. The van der Waals surface area contributed by atoms with Crippen LogP contribution in [0.15, 0.2) is 18.2 Å². The molecule has 4 N–H and O–H groups in total. The number of anilines is 1. The molecule has 6 heteroatoms. The Morgan fingerprint density at radius 2 is 2.27 bits per heavy atom. The number of benzene rings is 1. The summed E-state index contributed by atoms with van der Waals surface area (Å²) in [5.41, 5.74) is 7.09. The first-order valence-corrected chi connectivity index (χ1v) is 5.36. The van der Waals surface area contributed by atoms with Crippen LogP contribution in [0.1, 0.15) is 22.8 Å². The molecule has 0 spiro atoms. The van der Waals surface area contributed by atoms with E-state index >= 15 is 0 Å². The summed E-state index contributed by atoms with van der Waals surface area (Å²) in [4.78, 5) is 11.1. The van der Waals surface area contributed by atoms with Crippen LogP contribution in [0.2, 0.25) is 0 Å². The van der Waals surface area contributed by atoms with Gasteiger partial charge in [-0.1, -0.05) is 0 Å². The Bertz CT molecular complexity index is 406. The number of hydrogen-bond donors (Lipinski definition) is 3. The molecule has 15 heavy (non-hydrogen) atoms. The highest BCUT2D eigenvalue weighted by molar-refractivity contribution is 7.80. The van der Waals surface area contributed by atoms with Gasteiger partial charge >= 0.3 is 0 Å². The van der Waals surface area contributed by atoms with E-state index in [1.54, 1.807) is 18.2 Å². The number of nitrogens with two attached hydrogens (primary N) is 1. The van der Waals surface area contributed by atoms with Gasteiger partial charge < -0.3 is 5.73 Å². The van der Waals surface area contributed by atoms with Gasteiger partial charge in [0.2, 0.25) is 0 Å². The van der Waals surface area contributed by atoms with Crippen LogP contribution >= 0.6 is 0 Å². The number of hydrogen-bond acceptors (Lipinski definition) is 3. The summed E-state index contributed by atoms with van der Waals surface area (Å²) in [6.07, 6.45) is 0. The Morgan fingerprint density at radius 1 is 1.60 bits per heavy atom. The van der Waals surface area contributed by atoms with Gasteiger partial charge in [0.25, 0.3) is 11.3 Å². The predicted octanol–water partition coefficient (Wildman–Crippen LogP) is 0.896. The first kappa shape index (κ1) is 11.8. The van der Waals surface area contributed by atoms with Crippen molar-refractivity contribution in [2.45, 2.75) is 13.5 Å². The summed E-state index contributed by atoms with van der Waals surface area (Å²) >= 11 is -2.14. The molecule has 0 aliphatic heterocycles. The van der Waals surface area contributed by atoms with Crippen molar-refractivity contribution in [3.05, 3.63) is 29.3 Å². The molecule has 0 radical (unpaired) electrons. The second-order valence-electron chi connectivity index (χ2n) is 2.98. The molecule has 1 aromatic rings. The van der Waals surface area contributed by atoms with Crippen LogP contribution in [0.5, 0.6) is 0 Å². The zero-order valence-corrected chi connectivity index (χ0v) is 9.00. The van der Waals surface area contributed by atoms with Crippen molar-refractivity contribution in [2.24, 2.45) is 5.73 Å². The first-order chi connectivity index (χ1) is 7.04. The zero-order chi connectivity index (χ0) is 11.4. The molecule has 0 fully saturated rings. The SMILES string of the molecule is CC(=O)c1ccc(NS(=O)O)c(CN)c1. The zero-order valence-electron chi connectivity index (χ0n) is 8.19. The van der Waals surface area contributed by atoms with E-state index in [2.05, 4.69) is 4.72 Å². The van der Waals surface area contributed by atoms with Crippen molar-refractivity contribution in [2.75, 3.05) is 4.72 Å². The van der Waals surface area contributed by atoms with Gasteiger partial charge in [0.15, 0.2) is 5.78 Å². The normalized spacial score (nSPS) is 12.2. The maximum atomic E-state index is 11.1. The van der Waals surface area contributed by atoms with Crippen LogP contribution < -0.4 is 10.5 Å². The standard InChI is InChI=1S/C9H12N2O3S/c1-6(12)7-2-3-9(11-15(13)14)8(4-7)5-10/h2-4,11H,5,10H2,1H3,(H,13,14). The van der Waals surface area contributed by atoms with Gasteiger partial charge in [-0.05, 0) is 30.7 Å². The van der Waals surface area contributed by atoms with Crippen LogP contribution in [-0.2, 0) is 17.8 Å². The van der Waals surface area contributed by atoms with E-state index in [1.807, 2.05) is 0 Å². The van der Waals surface area contributed by atoms with E-state index in [-0.39, 0.29) is 12.3 Å². The summed E-state index contributed by atoms with van der Waals surface area (Å²) in [7, 11) is 0. The lowest BCUT2D eigenvalue weighted by molar-refractivity contribution is 0.101. The molecule has 0 heterocycles. The Kier molecular flexibility index (Phi) is 3.96. The maximum absolute atomic E-state index is 11.1. The van der Waals surface area contributed by atoms with Crippen molar-refractivity contribution in [3.63, 3.8) is 0 Å². The largest absolute Gasteiger partial charge is 0.326 e. The van der Waals surface area contributed by atoms with E-state index in [4.69, 9.17) is 10.3 Å². The van der Waals surface area contributed by atoms with Crippen molar-refractivity contribution < 1.29 is 13.6 Å². The highest BCUT2D eigenvalue weighted by Crippen LogP contribution is 2.17. The summed E-state index contributed by atoms with van der Waals surface area (Å²) in [5, 5.41) is 0. The lowest BCUT2D eigenvalue weighted by atomic mass is 10.1. The van der Waals surface area contributed by atoms with Gasteiger partial charge in [-0.15, -0.1) is 0 Å². The predicted molar refractivity (Wildman–Crippen MR) is 58.7 cm³/mol. The highest BCUT2D eigenvalue weighted by Gasteiger charge is 2.06. The number of Topliss-reactive ketones (excluding diaryl/α,β-unsaturated/α-hetero) is 1. The average Bonchev–Trinajstić information content (AvgIpc) is 2.17. The fraction of sp³-hybridized carbons (Fsp3) is 0.222. The lowest BCUT2D eigenvalue weighted by Crippen LogP contribution is -2.08. The molecule has 0 saturated carbocycles. The van der Waals surface area contributed by atoms with Crippen LogP contribution in [-0.4, -0.2) is 14.5 Å². The van der Waals surface area contributed by atoms with Crippen molar-refractivity contribution in [3.8, 4) is 0 Å². The van der Waals surface area contributed by atoms with E-state index in [0.29, 0.717) is 16.8 Å². The second-order valence-corrected chi connectivity index (χ2v) is 3.69. The third kappa shape index (κ3) is 3.12. The molecule has 1 unspecified atom stereocenters. The Labute approximate surface area is 90.1 Å². The molecule has 82 valence electrons. The fourth-order valence-electron chi connectivity index (χ4n) is 1.18. The molecule has 0 bridgehead atoms. The summed E-state index contributed by atoms with van der Waals surface area (Å²) in [5.74, 6) is -0.0682. The van der Waals surface area contributed by atoms with E-state index in [9.17, 15) is 9.00 Å². The number of rotatable bonds is 4. The molecule has 0 aliphatic rings. The van der Waals surface area contributed by atoms with Gasteiger partial charge in [0.1, 0.15) is 0 Å². The first-order valence-electron chi connectivity index (χ1n) is 4.26. The fourth-order valence-corrected chi connectivity index (χ4v) is 1.56. The van der Waals surface area contributed by atoms with Crippen LogP contribution in [0.4, 0.5) is 5.69 Å². The van der Waals surface area contributed by atoms with Crippen LogP contribution in [0.3, 0.4) is 0 Å². The molecule has 1 rings (SSSR count). The summed E-state index contributed by atoms with van der Waals surface area (Å²) in [6.45, 7) is 1.65. The maximum Gasteiger partial charge on any atom is 0.259 e. The van der Waals surface area contributed by atoms with Gasteiger partial charge in [-0.3, -0.25) is 14.1 Å². The average molecular weight is 228 g/mol. The molecule has 1 atom stereocenters. The van der Waals surface area contributed by atoms with Crippen LogP contribution in [0, 0.1) is 0 Å². The van der Waals surface area contributed by atoms with E-state index in [0.717, 1.165) is 0 Å². The van der Waals surface area contributed by atoms with Gasteiger partial charge in [0, 0.05) is 12.1 Å². The smallest absolute Gasteiger partial charge is 0.259 e. The van der Waals surface area contributed by atoms with Gasteiger partial charge in [-0.2, -0.15) is 0 Å². The monoisotopic (exact) mass is 228 g/mol. The molecule has 0 aliphatic carbocycles.